The van der Waals surface area contributed by atoms with Crippen LogP contribution in [0.15, 0.2) is 91.0 Å². The maximum absolute atomic E-state index is 14.5. The van der Waals surface area contributed by atoms with Crippen LogP contribution >= 0.6 is 0 Å². The third-order valence-electron chi connectivity index (χ3n) is 7.87. The standard InChI is InChI=1S/C31H31N3O2/c35-29-28-20-24-14-10-11-19-27(24)33(28)22-31(25-15-6-2-7-16-25,30(36)32-26-17-8-3-9-18-26)34(29)21-23-12-4-1-5-13-23/h1-2,4-7,10-16,19-20,26H,3,8-9,17-18,21-22H2,(H,32,36)/t31-/m0/s1. The monoisotopic (exact) mass is 477 g/mol. The van der Waals surface area contributed by atoms with E-state index in [0.717, 1.165) is 47.7 Å². The third kappa shape index (κ3) is 3.79. The summed E-state index contributed by atoms with van der Waals surface area (Å²) in [5.74, 6) is -0.211. The van der Waals surface area contributed by atoms with Gasteiger partial charge in [0.1, 0.15) is 5.69 Å². The summed E-state index contributed by atoms with van der Waals surface area (Å²) >= 11 is 0. The molecule has 1 aliphatic heterocycles. The molecule has 0 saturated heterocycles. The van der Waals surface area contributed by atoms with E-state index in [0.29, 0.717) is 18.8 Å². The SMILES string of the molecule is O=C1c2cc3ccccc3n2C[C@@](C(=O)NC2CCCCC2)(c2ccccc2)N1Cc1ccccc1. The number of rotatable bonds is 5. The molecule has 1 aliphatic carbocycles. The van der Waals surface area contributed by atoms with E-state index in [-0.39, 0.29) is 17.9 Å². The van der Waals surface area contributed by atoms with Crippen molar-refractivity contribution in [3.8, 4) is 0 Å². The number of amides is 2. The smallest absolute Gasteiger partial charge is 0.272 e. The summed E-state index contributed by atoms with van der Waals surface area (Å²) in [6.07, 6.45) is 5.44. The molecule has 6 rings (SSSR count). The molecule has 3 aromatic carbocycles. The number of hydrogen-bond donors (Lipinski definition) is 1. The van der Waals surface area contributed by atoms with E-state index < -0.39 is 5.54 Å². The van der Waals surface area contributed by atoms with Crippen molar-refractivity contribution in [2.75, 3.05) is 0 Å². The van der Waals surface area contributed by atoms with Crippen LogP contribution in [0.4, 0.5) is 0 Å². The Labute approximate surface area is 211 Å². The first kappa shape index (κ1) is 22.6. The molecule has 182 valence electrons. The largest absolute Gasteiger partial charge is 0.351 e. The van der Waals surface area contributed by atoms with Crippen molar-refractivity contribution in [3.63, 3.8) is 0 Å². The van der Waals surface area contributed by atoms with Crippen LogP contribution in [0.1, 0.15) is 53.7 Å². The summed E-state index contributed by atoms with van der Waals surface area (Å²) in [5, 5.41) is 4.40. The molecule has 0 radical (unpaired) electrons. The summed E-state index contributed by atoms with van der Waals surface area (Å²) < 4.78 is 2.05. The second-order valence-electron chi connectivity index (χ2n) is 10.1. The van der Waals surface area contributed by atoms with Crippen molar-refractivity contribution in [2.45, 2.75) is 56.8 Å². The molecule has 2 aliphatic rings. The minimum Gasteiger partial charge on any atom is -0.351 e. The number of hydrogen-bond acceptors (Lipinski definition) is 2. The van der Waals surface area contributed by atoms with Crippen LogP contribution in [-0.4, -0.2) is 27.3 Å². The van der Waals surface area contributed by atoms with Gasteiger partial charge in [-0.2, -0.15) is 0 Å². The highest BCUT2D eigenvalue weighted by Crippen LogP contribution is 2.40. The highest BCUT2D eigenvalue weighted by molar-refractivity contribution is 6.04. The fourth-order valence-electron chi connectivity index (χ4n) is 5.99. The summed E-state index contributed by atoms with van der Waals surface area (Å²) in [5.41, 5.74) is 2.28. The molecular formula is C31H31N3O2. The zero-order valence-electron chi connectivity index (χ0n) is 20.4. The van der Waals surface area contributed by atoms with Crippen LogP contribution in [0.3, 0.4) is 0 Å². The van der Waals surface area contributed by atoms with Crippen LogP contribution < -0.4 is 5.32 Å². The van der Waals surface area contributed by atoms with Crippen molar-refractivity contribution in [1.29, 1.82) is 0 Å². The Hall–Kier alpha value is -3.86. The molecule has 0 spiro atoms. The van der Waals surface area contributed by atoms with Gasteiger partial charge in [-0.3, -0.25) is 9.59 Å². The third-order valence-corrected chi connectivity index (χ3v) is 7.87. The summed E-state index contributed by atoms with van der Waals surface area (Å²) in [4.78, 5) is 30.6. The van der Waals surface area contributed by atoms with E-state index in [1.807, 2.05) is 100 Å². The minimum atomic E-state index is -1.17. The maximum Gasteiger partial charge on any atom is 0.272 e. The molecule has 36 heavy (non-hydrogen) atoms. The number of nitrogens with one attached hydrogen (secondary N) is 1. The number of aromatic nitrogens is 1. The number of para-hydroxylation sites is 1. The van der Waals surface area contributed by atoms with Gasteiger partial charge in [0.15, 0.2) is 5.54 Å². The van der Waals surface area contributed by atoms with Crippen molar-refractivity contribution in [2.24, 2.45) is 0 Å². The van der Waals surface area contributed by atoms with Gasteiger partial charge in [0.05, 0.1) is 6.54 Å². The lowest BCUT2D eigenvalue weighted by atomic mass is 9.83. The van der Waals surface area contributed by atoms with E-state index in [9.17, 15) is 9.59 Å². The molecule has 1 saturated carbocycles. The predicted molar refractivity (Wildman–Crippen MR) is 141 cm³/mol. The molecule has 0 bridgehead atoms. The van der Waals surface area contributed by atoms with Crippen LogP contribution in [0.25, 0.3) is 10.9 Å². The topological polar surface area (TPSA) is 54.3 Å². The number of nitrogens with zero attached hydrogens (tertiary/aromatic N) is 2. The van der Waals surface area contributed by atoms with Gasteiger partial charge in [-0.05, 0) is 36.1 Å². The van der Waals surface area contributed by atoms with Crippen molar-refractivity contribution in [3.05, 3.63) is 108 Å². The van der Waals surface area contributed by atoms with E-state index in [1.54, 1.807) is 0 Å². The van der Waals surface area contributed by atoms with Crippen LogP contribution in [-0.2, 0) is 23.4 Å². The first-order valence-corrected chi connectivity index (χ1v) is 13.0. The normalized spacial score (nSPS) is 20.3. The lowest BCUT2D eigenvalue weighted by molar-refractivity contribution is -0.136. The average molecular weight is 478 g/mol. The number of carbonyl (C=O) groups is 2. The molecule has 2 amide bonds. The summed E-state index contributed by atoms with van der Waals surface area (Å²) in [7, 11) is 0. The van der Waals surface area contributed by atoms with Gasteiger partial charge in [0.25, 0.3) is 11.8 Å². The minimum absolute atomic E-state index is 0.0895. The van der Waals surface area contributed by atoms with Crippen molar-refractivity contribution < 1.29 is 9.59 Å². The van der Waals surface area contributed by atoms with E-state index >= 15 is 0 Å². The molecule has 0 unspecified atom stereocenters. The van der Waals surface area contributed by atoms with Crippen LogP contribution in [0.5, 0.6) is 0 Å². The maximum atomic E-state index is 14.5. The van der Waals surface area contributed by atoms with E-state index in [4.69, 9.17) is 0 Å². The Morgan fingerprint density at radius 2 is 1.53 bits per heavy atom. The Morgan fingerprint density at radius 3 is 2.28 bits per heavy atom. The first-order chi connectivity index (χ1) is 17.7. The molecule has 2 heterocycles. The van der Waals surface area contributed by atoms with Gasteiger partial charge >= 0.3 is 0 Å². The highest BCUT2D eigenvalue weighted by Gasteiger charge is 2.52. The van der Waals surface area contributed by atoms with Gasteiger partial charge in [-0.15, -0.1) is 0 Å². The Morgan fingerprint density at radius 1 is 0.861 bits per heavy atom. The fraction of sp³-hybridized carbons (Fsp3) is 0.290. The average Bonchev–Trinajstić information content (AvgIpc) is 3.30. The lowest BCUT2D eigenvalue weighted by Crippen LogP contribution is -2.64. The highest BCUT2D eigenvalue weighted by atomic mass is 16.2. The second-order valence-corrected chi connectivity index (χ2v) is 10.1. The fourth-order valence-corrected chi connectivity index (χ4v) is 5.99. The number of benzene rings is 3. The first-order valence-electron chi connectivity index (χ1n) is 13.0. The van der Waals surface area contributed by atoms with Crippen LogP contribution in [0.2, 0.25) is 0 Å². The van der Waals surface area contributed by atoms with Crippen molar-refractivity contribution in [1.82, 2.24) is 14.8 Å². The Balaban J connectivity index is 1.54. The Kier molecular flexibility index (Phi) is 5.84. The van der Waals surface area contributed by atoms with Gasteiger partial charge < -0.3 is 14.8 Å². The van der Waals surface area contributed by atoms with Crippen LogP contribution in [0, 0.1) is 0 Å². The molecular weight excluding hydrogens is 446 g/mol. The second kappa shape index (κ2) is 9.30. The molecule has 5 nitrogen and oxygen atoms in total. The van der Waals surface area contributed by atoms with Gasteiger partial charge in [0, 0.05) is 23.5 Å². The molecule has 1 aromatic heterocycles. The predicted octanol–water partition coefficient (Wildman–Crippen LogP) is 5.64. The Bertz CT molecular complexity index is 1390. The molecule has 1 N–H and O–H groups in total. The van der Waals surface area contributed by atoms with Gasteiger partial charge in [-0.25, -0.2) is 0 Å². The quantitative estimate of drug-likeness (QED) is 0.404. The number of fused-ring (bicyclic) bond motifs is 3. The molecule has 5 heteroatoms. The molecule has 1 atom stereocenters. The van der Waals surface area contributed by atoms with Gasteiger partial charge in [0.2, 0.25) is 0 Å². The zero-order chi connectivity index (χ0) is 24.5. The lowest BCUT2D eigenvalue weighted by Gasteiger charge is -2.47. The summed E-state index contributed by atoms with van der Waals surface area (Å²) in [6.45, 7) is 0.727. The molecule has 4 aromatic rings. The number of carbonyl (C=O) groups excluding carboxylic acids is 2. The van der Waals surface area contributed by atoms with Gasteiger partial charge in [-0.1, -0.05) is 98.1 Å². The summed E-state index contributed by atoms with van der Waals surface area (Å²) in [6, 6.07) is 30.0. The molecule has 1 fully saturated rings. The van der Waals surface area contributed by atoms with Crippen molar-refractivity contribution >= 4 is 22.7 Å². The van der Waals surface area contributed by atoms with E-state index in [2.05, 4.69) is 5.32 Å². The zero-order valence-corrected chi connectivity index (χ0v) is 20.4. The van der Waals surface area contributed by atoms with E-state index in [1.165, 1.54) is 6.42 Å².